The molecule has 1 unspecified atom stereocenters. The second-order valence-electron chi connectivity index (χ2n) is 9.60. The summed E-state index contributed by atoms with van der Waals surface area (Å²) in [6.07, 6.45) is 11.4. The van der Waals surface area contributed by atoms with Crippen LogP contribution in [0.5, 0.6) is 5.75 Å². The summed E-state index contributed by atoms with van der Waals surface area (Å²) in [5.41, 5.74) is 5.20. The van der Waals surface area contributed by atoms with Crippen molar-refractivity contribution in [3.8, 4) is 5.75 Å². The smallest absolute Gasteiger partial charge is 0.138 e. The molecule has 3 rings (SSSR count). The fourth-order valence-electron chi connectivity index (χ4n) is 4.13. The molecule has 6 heteroatoms. The van der Waals surface area contributed by atoms with E-state index in [9.17, 15) is 0 Å². The van der Waals surface area contributed by atoms with Gasteiger partial charge in [-0.2, -0.15) is 0 Å². The summed E-state index contributed by atoms with van der Waals surface area (Å²) < 4.78 is 11.1. The van der Waals surface area contributed by atoms with E-state index in [0.29, 0.717) is 24.1 Å². The van der Waals surface area contributed by atoms with Crippen molar-refractivity contribution in [2.75, 3.05) is 20.3 Å². The third-order valence-electron chi connectivity index (χ3n) is 5.92. The van der Waals surface area contributed by atoms with Gasteiger partial charge in [-0.1, -0.05) is 51.6 Å². The van der Waals surface area contributed by atoms with Gasteiger partial charge in [0.25, 0.3) is 0 Å². The van der Waals surface area contributed by atoms with Gasteiger partial charge in [-0.3, -0.25) is 0 Å². The molecule has 0 aromatic heterocycles. The molecule has 2 heterocycles. The number of ether oxygens (including phenoxy) is 2. The molecule has 182 valence electrons. The molecule has 1 aromatic rings. The van der Waals surface area contributed by atoms with E-state index in [4.69, 9.17) is 21.1 Å². The molecule has 34 heavy (non-hydrogen) atoms. The largest absolute Gasteiger partial charge is 0.492 e. The van der Waals surface area contributed by atoms with Gasteiger partial charge >= 0.3 is 0 Å². The van der Waals surface area contributed by atoms with Gasteiger partial charge in [0.1, 0.15) is 11.6 Å². The Hall–Kier alpha value is -2.76. The van der Waals surface area contributed by atoms with Crippen molar-refractivity contribution in [2.24, 2.45) is 10.4 Å². The predicted octanol–water partition coefficient (Wildman–Crippen LogP) is 6.49. The molecule has 1 aromatic carbocycles. The molecule has 1 N–H and O–H groups in total. The van der Waals surface area contributed by atoms with Crippen LogP contribution in [0.4, 0.5) is 0 Å². The van der Waals surface area contributed by atoms with Crippen LogP contribution in [0.2, 0.25) is 5.02 Å². The number of rotatable bonds is 9. The lowest BCUT2D eigenvalue weighted by Gasteiger charge is -2.46. The minimum Gasteiger partial charge on any atom is -0.492 e. The van der Waals surface area contributed by atoms with Crippen molar-refractivity contribution in [2.45, 2.75) is 46.6 Å². The Bertz CT molecular complexity index is 1060. The van der Waals surface area contributed by atoms with Crippen LogP contribution in [0.15, 0.2) is 71.8 Å². The van der Waals surface area contributed by atoms with Gasteiger partial charge in [0, 0.05) is 49.9 Å². The lowest BCUT2D eigenvalue weighted by atomic mass is 9.77. The van der Waals surface area contributed by atoms with Crippen LogP contribution in [-0.4, -0.2) is 37.5 Å². The molecule has 0 saturated carbocycles. The summed E-state index contributed by atoms with van der Waals surface area (Å²) >= 11 is 6.64. The van der Waals surface area contributed by atoms with Gasteiger partial charge in [0.2, 0.25) is 0 Å². The Morgan fingerprint density at radius 2 is 2.09 bits per heavy atom. The first kappa shape index (κ1) is 25.9. The molecule has 5 nitrogen and oxygen atoms in total. The first-order valence-electron chi connectivity index (χ1n) is 11.6. The van der Waals surface area contributed by atoms with E-state index in [1.807, 2.05) is 25.1 Å². The lowest BCUT2D eigenvalue weighted by molar-refractivity contribution is 0.172. The van der Waals surface area contributed by atoms with E-state index >= 15 is 0 Å². The number of aliphatic imine (C=N–C) groups is 1. The number of hydrogen-bond acceptors (Lipinski definition) is 5. The van der Waals surface area contributed by atoms with Gasteiger partial charge in [-0.25, -0.2) is 4.99 Å². The molecule has 0 aliphatic carbocycles. The zero-order valence-corrected chi connectivity index (χ0v) is 21.7. The third-order valence-corrected chi connectivity index (χ3v) is 6.22. The minimum absolute atomic E-state index is 0.0251. The molecular weight excluding hydrogens is 446 g/mol. The number of hydrogen-bond donors (Lipinski definition) is 1. The van der Waals surface area contributed by atoms with Crippen molar-refractivity contribution < 1.29 is 9.47 Å². The summed E-state index contributed by atoms with van der Waals surface area (Å²) in [4.78, 5) is 6.66. The van der Waals surface area contributed by atoms with Crippen LogP contribution in [0.3, 0.4) is 0 Å². The average Bonchev–Trinajstić information content (AvgIpc) is 2.77. The normalized spacial score (nSPS) is 18.0. The summed E-state index contributed by atoms with van der Waals surface area (Å²) in [7, 11) is 1.69. The maximum absolute atomic E-state index is 6.64. The fraction of sp³-hybridized carbons (Fsp3) is 0.393. The maximum atomic E-state index is 6.64. The van der Waals surface area contributed by atoms with Gasteiger partial charge in [0.15, 0.2) is 0 Å². The maximum Gasteiger partial charge on any atom is 0.138 e. The van der Waals surface area contributed by atoms with Crippen LogP contribution in [0, 0.1) is 5.41 Å². The zero-order chi connectivity index (χ0) is 24.9. The molecule has 0 bridgehead atoms. The number of halogens is 1. The number of nitrogens with zero attached hydrogens (tertiary/aromatic N) is 2. The Labute approximate surface area is 209 Å². The summed E-state index contributed by atoms with van der Waals surface area (Å²) in [6.45, 7) is 18.3. The van der Waals surface area contributed by atoms with E-state index in [1.165, 1.54) is 5.56 Å². The van der Waals surface area contributed by atoms with E-state index in [0.717, 1.165) is 41.1 Å². The highest BCUT2D eigenvalue weighted by atomic mass is 35.5. The second-order valence-corrected chi connectivity index (χ2v) is 10.0. The number of benzene rings is 1. The Morgan fingerprint density at radius 3 is 2.76 bits per heavy atom. The van der Waals surface area contributed by atoms with Crippen molar-refractivity contribution in [3.63, 3.8) is 0 Å². The zero-order valence-electron chi connectivity index (χ0n) is 21.0. The molecule has 2 aliphatic rings. The minimum atomic E-state index is 0.0251. The standard InChI is InChI=1S/C28H36ClN3O2/c1-8-9-11-30-20(3)31-24-18-32-25(14-19(24)2)22-17-23(29)26(34-13-10-12-33-7)15-21(22)16-27(32)28(4,5)6/h8-9,11,14-15,17-18,27,31H,2-3,10,12-13,16H2,1,4-7H3/b9-8-,30-11-. The van der Waals surface area contributed by atoms with Crippen LogP contribution in [0.1, 0.15) is 45.2 Å². The lowest BCUT2D eigenvalue weighted by Crippen LogP contribution is -2.46. The van der Waals surface area contributed by atoms with E-state index in [2.05, 4.69) is 67.5 Å². The van der Waals surface area contributed by atoms with Gasteiger partial charge in [0.05, 0.1) is 17.3 Å². The van der Waals surface area contributed by atoms with E-state index in [1.54, 1.807) is 13.3 Å². The van der Waals surface area contributed by atoms with Crippen molar-refractivity contribution in [1.82, 2.24) is 10.2 Å². The fourth-order valence-corrected chi connectivity index (χ4v) is 4.35. The second kappa shape index (κ2) is 11.1. The topological polar surface area (TPSA) is 46.1 Å². The van der Waals surface area contributed by atoms with Crippen molar-refractivity contribution >= 4 is 23.5 Å². The molecule has 0 radical (unpaired) electrons. The highest BCUT2D eigenvalue weighted by Gasteiger charge is 2.38. The predicted molar refractivity (Wildman–Crippen MR) is 143 cm³/mol. The molecular formula is C28H36ClN3O2. The highest BCUT2D eigenvalue weighted by Crippen LogP contribution is 2.45. The molecule has 0 amide bonds. The first-order chi connectivity index (χ1) is 16.2. The summed E-state index contributed by atoms with van der Waals surface area (Å²) in [6, 6.07) is 4.35. The van der Waals surface area contributed by atoms with E-state index < -0.39 is 0 Å². The van der Waals surface area contributed by atoms with Gasteiger partial charge in [-0.05, 0) is 54.2 Å². The number of nitrogens with one attached hydrogen (secondary N) is 1. The van der Waals surface area contributed by atoms with Crippen LogP contribution in [0.25, 0.3) is 5.70 Å². The number of allylic oxidation sites excluding steroid dienone is 3. The first-order valence-corrected chi connectivity index (χ1v) is 12.0. The monoisotopic (exact) mass is 481 g/mol. The van der Waals surface area contributed by atoms with Gasteiger partial charge in [-0.15, -0.1) is 0 Å². The van der Waals surface area contributed by atoms with Crippen molar-refractivity contribution in [3.05, 3.63) is 83.0 Å². The SMILES string of the molecule is C=C(/N=C\C=C/C)NC1=CN2C(=CC1=C)c1cc(Cl)c(OCCCOC)cc1CC2C(C)(C)C. The van der Waals surface area contributed by atoms with Crippen LogP contribution in [-0.2, 0) is 11.2 Å². The van der Waals surface area contributed by atoms with Crippen LogP contribution < -0.4 is 10.1 Å². The highest BCUT2D eigenvalue weighted by molar-refractivity contribution is 6.32. The van der Waals surface area contributed by atoms with Gasteiger partial charge < -0.3 is 19.7 Å². The molecule has 1 atom stereocenters. The third kappa shape index (κ3) is 6.02. The van der Waals surface area contributed by atoms with E-state index in [-0.39, 0.29) is 11.5 Å². The van der Waals surface area contributed by atoms with Crippen LogP contribution >= 0.6 is 11.6 Å². The molecule has 0 saturated heterocycles. The summed E-state index contributed by atoms with van der Waals surface area (Å²) in [5, 5.41) is 3.91. The number of fused-ring (bicyclic) bond motifs is 3. The Morgan fingerprint density at radius 1 is 1.32 bits per heavy atom. The molecule has 2 aliphatic heterocycles. The average molecular weight is 482 g/mol. The quantitative estimate of drug-likeness (QED) is 0.323. The Kier molecular flexibility index (Phi) is 8.45. The molecule has 0 spiro atoms. The summed E-state index contributed by atoms with van der Waals surface area (Å²) in [5.74, 6) is 1.28. The number of methoxy groups -OCH3 is 1. The Balaban J connectivity index is 1.94. The molecule has 0 fully saturated rings. The van der Waals surface area contributed by atoms with Crippen molar-refractivity contribution in [1.29, 1.82) is 0 Å².